The second kappa shape index (κ2) is 3.70. The van der Waals surface area contributed by atoms with Gasteiger partial charge in [0, 0.05) is 0 Å². The fourth-order valence-corrected chi connectivity index (χ4v) is 1.96. The van der Waals surface area contributed by atoms with Gasteiger partial charge in [0.1, 0.15) is 0 Å². The zero-order valence-corrected chi connectivity index (χ0v) is 10.9. The Bertz CT molecular complexity index is 649. The summed E-state index contributed by atoms with van der Waals surface area (Å²) in [5, 5.41) is 0. The number of aryl methyl sites for hydroxylation is 4. The molecule has 0 fully saturated rings. The van der Waals surface area contributed by atoms with Gasteiger partial charge in [-0.2, -0.15) is 0 Å². The van der Waals surface area contributed by atoms with Gasteiger partial charge < -0.3 is 0 Å². The van der Waals surface area contributed by atoms with Crippen LogP contribution >= 0.6 is 0 Å². The van der Waals surface area contributed by atoms with Crippen molar-refractivity contribution in [2.24, 2.45) is 0 Å². The highest BCUT2D eigenvalue weighted by atomic mass is 14.9. The second-order valence-corrected chi connectivity index (χ2v) is 4.62. The lowest BCUT2D eigenvalue weighted by Crippen LogP contribution is -1.97. The van der Waals surface area contributed by atoms with Crippen molar-refractivity contribution in [1.29, 1.82) is 0 Å². The van der Waals surface area contributed by atoms with Crippen LogP contribution in [-0.4, -0.2) is 19.9 Å². The Kier molecular flexibility index (Phi) is 2.26. The Morgan fingerprint density at radius 2 is 0.722 bits per heavy atom. The summed E-state index contributed by atoms with van der Waals surface area (Å²) in [5.74, 6) is 0. The van der Waals surface area contributed by atoms with Crippen LogP contribution in [0.3, 0.4) is 0 Å². The number of aromatic nitrogens is 4. The molecule has 4 heteroatoms. The van der Waals surface area contributed by atoms with E-state index >= 15 is 0 Å². The van der Waals surface area contributed by atoms with Crippen LogP contribution in [0.2, 0.25) is 0 Å². The van der Waals surface area contributed by atoms with E-state index < -0.39 is 0 Å². The summed E-state index contributed by atoms with van der Waals surface area (Å²) >= 11 is 0. The molecule has 0 aliphatic carbocycles. The number of hydrogen-bond donors (Lipinski definition) is 0. The lowest BCUT2D eigenvalue weighted by atomic mass is 10.2. The fourth-order valence-electron chi connectivity index (χ4n) is 1.96. The Hall–Kier alpha value is -2.10. The first-order valence-corrected chi connectivity index (χ1v) is 5.94. The Morgan fingerprint density at radius 3 is 0.944 bits per heavy atom. The minimum absolute atomic E-state index is 0.878. The Morgan fingerprint density at radius 1 is 0.500 bits per heavy atom. The van der Waals surface area contributed by atoms with Crippen molar-refractivity contribution in [3.05, 3.63) is 34.9 Å². The molecule has 2 heterocycles. The third-order valence-corrected chi connectivity index (χ3v) is 3.27. The molecule has 3 aromatic rings. The van der Waals surface area contributed by atoms with Crippen LogP contribution in [-0.2, 0) is 0 Å². The Labute approximate surface area is 105 Å². The van der Waals surface area contributed by atoms with Gasteiger partial charge in [0.25, 0.3) is 0 Å². The molecule has 0 aliphatic heterocycles. The van der Waals surface area contributed by atoms with Crippen molar-refractivity contribution in [3.8, 4) is 0 Å². The molecule has 90 valence electrons. The van der Waals surface area contributed by atoms with Crippen molar-refractivity contribution >= 4 is 22.1 Å². The number of fused-ring (bicyclic) bond motifs is 2. The van der Waals surface area contributed by atoms with Crippen LogP contribution in [0, 0.1) is 27.7 Å². The van der Waals surface area contributed by atoms with Crippen molar-refractivity contribution in [3.63, 3.8) is 0 Å². The maximum Gasteiger partial charge on any atom is 0.0913 e. The standard InChI is InChI=1S/C14H14N4/c1-7-8(2)16-12-6-14-13(5-11(12)15-7)17-9(3)10(4)18-14/h5-6H,1-4H3. The monoisotopic (exact) mass is 238 g/mol. The van der Waals surface area contributed by atoms with Crippen LogP contribution in [0.15, 0.2) is 12.1 Å². The molecule has 18 heavy (non-hydrogen) atoms. The average molecular weight is 238 g/mol. The van der Waals surface area contributed by atoms with Crippen molar-refractivity contribution in [2.75, 3.05) is 0 Å². The molecule has 0 saturated carbocycles. The normalized spacial score (nSPS) is 11.3. The van der Waals surface area contributed by atoms with Crippen LogP contribution in [0.25, 0.3) is 22.1 Å². The van der Waals surface area contributed by atoms with Crippen molar-refractivity contribution < 1.29 is 0 Å². The summed E-state index contributed by atoms with van der Waals surface area (Å²) in [4.78, 5) is 18.2. The first-order chi connectivity index (χ1) is 8.54. The molecule has 0 aliphatic rings. The van der Waals surface area contributed by atoms with E-state index in [1.165, 1.54) is 0 Å². The molecular formula is C14H14N4. The summed E-state index contributed by atoms with van der Waals surface area (Å²) < 4.78 is 0. The topological polar surface area (TPSA) is 51.6 Å². The second-order valence-electron chi connectivity index (χ2n) is 4.62. The SMILES string of the molecule is Cc1nc2cc3nc(C)c(C)nc3cc2nc1C. The van der Waals surface area contributed by atoms with E-state index in [0.29, 0.717) is 0 Å². The number of rotatable bonds is 0. The first-order valence-electron chi connectivity index (χ1n) is 5.94. The highest BCUT2D eigenvalue weighted by Crippen LogP contribution is 2.19. The van der Waals surface area contributed by atoms with E-state index in [0.717, 1.165) is 44.8 Å². The fraction of sp³-hybridized carbons (Fsp3) is 0.286. The van der Waals surface area contributed by atoms with E-state index in [1.807, 2.05) is 39.8 Å². The van der Waals surface area contributed by atoms with Gasteiger partial charge in [0.15, 0.2) is 0 Å². The third kappa shape index (κ3) is 1.61. The molecule has 0 saturated heterocycles. The molecule has 3 rings (SSSR count). The summed E-state index contributed by atoms with van der Waals surface area (Å²) in [7, 11) is 0. The van der Waals surface area contributed by atoms with E-state index in [4.69, 9.17) is 0 Å². The average Bonchev–Trinajstić information content (AvgIpc) is 2.31. The summed E-state index contributed by atoms with van der Waals surface area (Å²) in [6.07, 6.45) is 0. The predicted molar refractivity (Wildman–Crippen MR) is 71.6 cm³/mol. The van der Waals surface area contributed by atoms with Gasteiger partial charge in [-0.05, 0) is 39.8 Å². The zero-order valence-electron chi connectivity index (χ0n) is 10.9. The quantitative estimate of drug-likeness (QED) is 0.565. The summed E-state index contributed by atoms with van der Waals surface area (Å²) in [6.45, 7) is 7.88. The maximum atomic E-state index is 4.55. The van der Waals surface area contributed by atoms with Gasteiger partial charge >= 0.3 is 0 Å². The van der Waals surface area contributed by atoms with Gasteiger partial charge in [-0.25, -0.2) is 19.9 Å². The number of benzene rings is 1. The molecule has 0 atom stereocenters. The zero-order chi connectivity index (χ0) is 12.9. The third-order valence-electron chi connectivity index (χ3n) is 3.27. The molecule has 0 unspecified atom stereocenters. The van der Waals surface area contributed by atoms with E-state index in [9.17, 15) is 0 Å². The molecule has 0 amide bonds. The van der Waals surface area contributed by atoms with E-state index in [2.05, 4.69) is 19.9 Å². The van der Waals surface area contributed by atoms with Crippen LogP contribution in [0.1, 0.15) is 22.8 Å². The van der Waals surface area contributed by atoms with Gasteiger partial charge in [-0.3, -0.25) is 0 Å². The highest BCUT2D eigenvalue weighted by Gasteiger charge is 2.07. The number of nitrogens with zero attached hydrogens (tertiary/aromatic N) is 4. The van der Waals surface area contributed by atoms with Crippen LogP contribution < -0.4 is 0 Å². The van der Waals surface area contributed by atoms with Gasteiger partial charge in [0.2, 0.25) is 0 Å². The molecule has 0 radical (unpaired) electrons. The summed E-state index contributed by atoms with van der Waals surface area (Å²) in [5.41, 5.74) is 7.34. The minimum Gasteiger partial charge on any atom is -0.250 e. The highest BCUT2D eigenvalue weighted by molar-refractivity contribution is 5.90. The Balaban J connectivity index is 2.43. The lowest BCUT2D eigenvalue weighted by molar-refractivity contribution is 1.09. The number of hydrogen-bond acceptors (Lipinski definition) is 4. The van der Waals surface area contributed by atoms with Gasteiger partial charge in [0.05, 0.1) is 44.8 Å². The molecular weight excluding hydrogens is 224 g/mol. The van der Waals surface area contributed by atoms with Crippen molar-refractivity contribution in [1.82, 2.24) is 19.9 Å². The molecule has 4 nitrogen and oxygen atoms in total. The largest absolute Gasteiger partial charge is 0.250 e. The van der Waals surface area contributed by atoms with Gasteiger partial charge in [-0.15, -0.1) is 0 Å². The minimum atomic E-state index is 0.878. The van der Waals surface area contributed by atoms with E-state index in [-0.39, 0.29) is 0 Å². The van der Waals surface area contributed by atoms with Crippen LogP contribution in [0.4, 0.5) is 0 Å². The molecule has 0 N–H and O–H groups in total. The first kappa shape index (κ1) is 11.0. The lowest BCUT2D eigenvalue weighted by Gasteiger charge is -2.05. The van der Waals surface area contributed by atoms with E-state index in [1.54, 1.807) is 0 Å². The maximum absolute atomic E-state index is 4.55. The van der Waals surface area contributed by atoms with Crippen molar-refractivity contribution in [2.45, 2.75) is 27.7 Å². The smallest absolute Gasteiger partial charge is 0.0913 e. The molecule has 1 aromatic carbocycles. The summed E-state index contributed by atoms with van der Waals surface area (Å²) in [6, 6.07) is 3.92. The molecule has 0 spiro atoms. The predicted octanol–water partition coefficient (Wildman–Crippen LogP) is 2.81. The molecule has 0 bridgehead atoms. The molecule has 2 aromatic heterocycles. The van der Waals surface area contributed by atoms with Crippen LogP contribution in [0.5, 0.6) is 0 Å². The van der Waals surface area contributed by atoms with Gasteiger partial charge in [-0.1, -0.05) is 0 Å².